The molecule has 106 valence electrons. The fourth-order valence-electron chi connectivity index (χ4n) is 4.11. The van der Waals surface area contributed by atoms with Crippen LogP contribution in [-0.2, 0) is 0 Å². The SMILES string of the molecule is CCNCC(CC)(CC)CN1CC2CCCC2C1. The Hall–Kier alpha value is -0.0800. The van der Waals surface area contributed by atoms with Crippen LogP contribution in [0.3, 0.4) is 0 Å². The molecule has 1 N–H and O–H groups in total. The number of rotatable bonds is 7. The molecule has 2 nitrogen and oxygen atoms in total. The molecule has 1 saturated heterocycles. The van der Waals surface area contributed by atoms with Gasteiger partial charge in [0.25, 0.3) is 0 Å². The zero-order chi connectivity index (χ0) is 13.0. The van der Waals surface area contributed by atoms with Gasteiger partial charge in [-0.25, -0.2) is 0 Å². The zero-order valence-corrected chi connectivity index (χ0v) is 12.7. The van der Waals surface area contributed by atoms with Crippen molar-refractivity contribution in [2.75, 3.05) is 32.7 Å². The van der Waals surface area contributed by atoms with Crippen LogP contribution in [0.25, 0.3) is 0 Å². The first-order valence-electron chi connectivity index (χ1n) is 8.16. The molecule has 1 saturated carbocycles. The van der Waals surface area contributed by atoms with Crippen molar-refractivity contribution in [1.29, 1.82) is 0 Å². The lowest BCUT2D eigenvalue weighted by Crippen LogP contribution is -2.43. The molecule has 2 fully saturated rings. The molecule has 1 aliphatic carbocycles. The Morgan fingerprint density at radius 3 is 2.17 bits per heavy atom. The van der Waals surface area contributed by atoms with Gasteiger partial charge in [0.15, 0.2) is 0 Å². The van der Waals surface area contributed by atoms with Crippen molar-refractivity contribution < 1.29 is 0 Å². The second-order valence-corrected chi connectivity index (χ2v) is 6.63. The minimum absolute atomic E-state index is 0.509. The third-order valence-electron chi connectivity index (χ3n) is 5.61. The van der Waals surface area contributed by atoms with E-state index in [4.69, 9.17) is 0 Å². The number of likely N-dealkylation sites (tertiary alicyclic amines) is 1. The van der Waals surface area contributed by atoms with Gasteiger partial charge in [0.2, 0.25) is 0 Å². The summed E-state index contributed by atoms with van der Waals surface area (Å²) in [5.41, 5.74) is 0.509. The Morgan fingerprint density at radius 1 is 1.06 bits per heavy atom. The standard InChI is InChI=1S/C16H32N2/c1-4-16(5-2,12-17-6-3)13-18-10-14-8-7-9-15(14)11-18/h14-15,17H,4-13H2,1-3H3. The highest BCUT2D eigenvalue weighted by molar-refractivity contribution is 4.92. The summed E-state index contributed by atoms with van der Waals surface area (Å²) in [6.45, 7) is 13.4. The van der Waals surface area contributed by atoms with Crippen LogP contribution in [0.2, 0.25) is 0 Å². The van der Waals surface area contributed by atoms with Crippen molar-refractivity contribution in [2.45, 2.75) is 52.9 Å². The van der Waals surface area contributed by atoms with Crippen LogP contribution in [-0.4, -0.2) is 37.6 Å². The number of hydrogen-bond donors (Lipinski definition) is 1. The van der Waals surface area contributed by atoms with Crippen LogP contribution < -0.4 is 5.32 Å². The first-order chi connectivity index (χ1) is 8.73. The molecule has 0 amide bonds. The zero-order valence-electron chi connectivity index (χ0n) is 12.7. The molecular weight excluding hydrogens is 220 g/mol. The van der Waals surface area contributed by atoms with Crippen molar-refractivity contribution in [3.8, 4) is 0 Å². The number of hydrogen-bond acceptors (Lipinski definition) is 2. The van der Waals surface area contributed by atoms with Crippen molar-refractivity contribution in [3.05, 3.63) is 0 Å². The predicted molar refractivity (Wildman–Crippen MR) is 78.8 cm³/mol. The average molecular weight is 252 g/mol. The van der Waals surface area contributed by atoms with E-state index < -0.39 is 0 Å². The maximum atomic E-state index is 3.59. The summed E-state index contributed by atoms with van der Waals surface area (Å²) >= 11 is 0. The summed E-state index contributed by atoms with van der Waals surface area (Å²) < 4.78 is 0. The van der Waals surface area contributed by atoms with Crippen LogP contribution >= 0.6 is 0 Å². The molecule has 0 radical (unpaired) electrons. The number of fused-ring (bicyclic) bond motifs is 1. The van der Waals surface area contributed by atoms with Crippen molar-refractivity contribution >= 4 is 0 Å². The number of nitrogens with zero attached hydrogens (tertiary/aromatic N) is 1. The molecule has 0 aromatic carbocycles. The third kappa shape index (κ3) is 3.08. The predicted octanol–water partition coefficient (Wildman–Crippen LogP) is 3.13. The molecule has 1 heterocycles. The van der Waals surface area contributed by atoms with Gasteiger partial charge < -0.3 is 10.2 Å². The lowest BCUT2D eigenvalue weighted by Gasteiger charge is -2.36. The molecule has 1 aliphatic heterocycles. The lowest BCUT2D eigenvalue weighted by molar-refractivity contribution is 0.148. The van der Waals surface area contributed by atoms with E-state index in [1.165, 1.54) is 58.3 Å². The van der Waals surface area contributed by atoms with E-state index in [2.05, 4.69) is 31.0 Å². The average Bonchev–Trinajstić information content (AvgIpc) is 2.95. The van der Waals surface area contributed by atoms with Gasteiger partial charge in [-0.2, -0.15) is 0 Å². The van der Waals surface area contributed by atoms with Crippen LogP contribution in [0.5, 0.6) is 0 Å². The summed E-state index contributed by atoms with van der Waals surface area (Å²) in [5.74, 6) is 2.08. The van der Waals surface area contributed by atoms with Crippen molar-refractivity contribution in [1.82, 2.24) is 10.2 Å². The van der Waals surface area contributed by atoms with Gasteiger partial charge in [-0.05, 0) is 49.5 Å². The van der Waals surface area contributed by atoms with Crippen molar-refractivity contribution in [3.63, 3.8) is 0 Å². The third-order valence-corrected chi connectivity index (χ3v) is 5.61. The van der Waals surface area contributed by atoms with Gasteiger partial charge in [0.1, 0.15) is 0 Å². The normalized spacial score (nSPS) is 28.8. The Labute approximate surface area is 114 Å². The quantitative estimate of drug-likeness (QED) is 0.749. The first-order valence-corrected chi connectivity index (χ1v) is 8.16. The minimum atomic E-state index is 0.509. The van der Waals surface area contributed by atoms with E-state index in [1.807, 2.05) is 0 Å². The van der Waals surface area contributed by atoms with Crippen LogP contribution in [0.15, 0.2) is 0 Å². The maximum Gasteiger partial charge on any atom is 0.00502 e. The molecular formula is C16H32N2. The Kier molecular flexibility index (Phi) is 5.08. The van der Waals surface area contributed by atoms with Gasteiger partial charge in [-0.1, -0.05) is 27.2 Å². The van der Waals surface area contributed by atoms with E-state index in [0.717, 1.165) is 18.4 Å². The van der Waals surface area contributed by atoms with Gasteiger partial charge >= 0.3 is 0 Å². The molecule has 18 heavy (non-hydrogen) atoms. The lowest BCUT2D eigenvalue weighted by atomic mass is 9.81. The minimum Gasteiger partial charge on any atom is -0.316 e. The van der Waals surface area contributed by atoms with E-state index in [1.54, 1.807) is 0 Å². The smallest absolute Gasteiger partial charge is 0.00502 e. The Bertz CT molecular complexity index is 235. The molecule has 0 aromatic rings. The largest absolute Gasteiger partial charge is 0.316 e. The molecule has 0 bridgehead atoms. The monoisotopic (exact) mass is 252 g/mol. The van der Waals surface area contributed by atoms with E-state index in [-0.39, 0.29) is 0 Å². The fourth-order valence-corrected chi connectivity index (χ4v) is 4.11. The molecule has 2 rings (SSSR count). The van der Waals surface area contributed by atoms with Gasteiger partial charge in [-0.15, -0.1) is 0 Å². The second-order valence-electron chi connectivity index (χ2n) is 6.63. The maximum absolute atomic E-state index is 3.59. The Morgan fingerprint density at radius 2 is 1.67 bits per heavy atom. The molecule has 2 aliphatic rings. The van der Waals surface area contributed by atoms with Crippen LogP contribution in [0, 0.1) is 17.3 Å². The molecule has 2 heteroatoms. The highest BCUT2D eigenvalue weighted by Gasteiger charge is 2.38. The summed E-state index contributed by atoms with van der Waals surface area (Å²) in [6.07, 6.45) is 7.11. The highest BCUT2D eigenvalue weighted by Crippen LogP contribution is 2.39. The first kappa shape index (κ1) is 14.3. The topological polar surface area (TPSA) is 15.3 Å². The molecule has 2 unspecified atom stereocenters. The number of nitrogens with one attached hydrogen (secondary N) is 1. The summed E-state index contributed by atoms with van der Waals surface area (Å²) in [4.78, 5) is 2.78. The summed E-state index contributed by atoms with van der Waals surface area (Å²) in [7, 11) is 0. The Balaban J connectivity index is 1.88. The van der Waals surface area contributed by atoms with Gasteiger partial charge in [-0.3, -0.25) is 0 Å². The van der Waals surface area contributed by atoms with E-state index in [0.29, 0.717) is 5.41 Å². The highest BCUT2D eigenvalue weighted by atomic mass is 15.2. The van der Waals surface area contributed by atoms with Crippen molar-refractivity contribution in [2.24, 2.45) is 17.3 Å². The van der Waals surface area contributed by atoms with Crippen LogP contribution in [0.1, 0.15) is 52.9 Å². The summed E-state index contributed by atoms with van der Waals surface area (Å²) in [6, 6.07) is 0. The van der Waals surface area contributed by atoms with E-state index in [9.17, 15) is 0 Å². The van der Waals surface area contributed by atoms with Gasteiger partial charge in [0.05, 0.1) is 0 Å². The van der Waals surface area contributed by atoms with E-state index >= 15 is 0 Å². The molecule has 0 spiro atoms. The fraction of sp³-hybridized carbons (Fsp3) is 1.00. The van der Waals surface area contributed by atoms with Crippen LogP contribution in [0.4, 0.5) is 0 Å². The summed E-state index contributed by atoms with van der Waals surface area (Å²) in [5, 5.41) is 3.59. The second kappa shape index (κ2) is 6.38. The molecule has 0 aromatic heterocycles. The van der Waals surface area contributed by atoms with Gasteiger partial charge in [0, 0.05) is 26.2 Å². The molecule has 2 atom stereocenters.